The molecule has 114 valence electrons. The Morgan fingerprint density at radius 3 is 2.62 bits per heavy atom. The molecule has 2 heterocycles. The first kappa shape index (κ1) is 14.4. The van der Waals surface area contributed by atoms with E-state index in [1.165, 1.54) is 16.8 Å². The predicted octanol–water partition coefficient (Wildman–Crippen LogP) is 1.73. The number of aryl methyl sites for hydroxylation is 2. The number of carbonyl (C=O) groups is 1. The fourth-order valence-electron chi connectivity index (χ4n) is 3.46. The van der Waals surface area contributed by atoms with E-state index in [-0.39, 0.29) is 5.91 Å². The Kier molecular flexibility index (Phi) is 4.15. The lowest BCUT2D eigenvalue weighted by Gasteiger charge is -2.34. The van der Waals surface area contributed by atoms with Gasteiger partial charge in [0, 0.05) is 38.3 Å². The third-order valence-corrected chi connectivity index (χ3v) is 4.48. The summed E-state index contributed by atoms with van der Waals surface area (Å²) in [7, 11) is 0. The lowest BCUT2D eigenvalue weighted by atomic mass is 9.99. The summed E-state index contributed by atoms with van der Waals surface area (Å²) >= 11 is 0. The van der Waals surface area contributed by atoms with Crippen molar-refractivity contribution in [2.24, 2.45) is 0 Å². The first-order valence-corrected chi connectivity index (χ1v) is 7.94. The van der Waals surface area contributed by atoms with Crippen LogP contribution in [-0.4, -0.2) is 48.2 Å². The highest BCUT2D eigenvalue weighted by Gasteiger charge is 2.25. The van der Waals surface area contributed by atoms with Crippen molar-refractivity contribution < 1.29 is 9.90 Å². The number of aliphatic hydroxyl groups is 1. The standard InChI is InChI=1S/C17H24N2O2/c1-13-6-7-16-14(10-13)4-2-8-18(16)11-15(20)12-19-9-3-5-17(19)21/h6-7,10,15,20H,2-5,8-9,11-12H2,1H3/t15-/m1/s1. The largest absolute Gasteiger partial charge is 0.389 e. The minimum absolute atomic E-state index is 0.184. The molecule has 1 aromatic rings. The first-order valence-electron chi connectivity index (χ1n) is 7.94. The Labute approximate surface area is 126 Å². The second kappa shape index (κ2) is 6.06. The summed E-state index contributed by atoms with van der Waals surface area (Å²) in [5.74, 6) is 0.184. The molecule has 1 atom stereocenters. The second-order valence-corrected chi connectivity index (χ2v) is 6.28. The van der Waals surface area contributed by atoms with E-state index in [1.54, 1.807) is 4.90 Å². The van der Waals surface area contributed by atoms with Gasteiger partial charge in [-0.3, -0.25) is 4.79 Å². The average molecular weight is 288 g/mol. The molecule has 1 fully saturated rings. The fourth-order valence-corrected chi connectivity index (χ4v) is 3.46. The van der Waals surface area contributed by atoms with Gasteiger partial charge in [-0.25, -0.2) is 0 Å². The van der Waals surface area contributed by atoms with E-state index in [0.717, 1.165) is 32.4 Å². The monoisotopic (exact) mass is 288 g/mol. The summed E-state index contributed by atoms with van der Waals surface area (Å²) in [6.45, 7) is 4.98. The zero-order valence-electron chi connectivity index (χ0n) is 12.7. The third kappa shape index (κ3) is 3.21. The van der Waals surface area contributed by atoms with Crippen LogP contribution >= 0.6 is 0 Å². The van der Waals surface area contributed by atoms with E-state index in [1.807, 2.05) is 0 Å². The highest BCUT2D eigenvalue weighted by atomic mass is 16.3. The molecule has 1 saturated heterocycles. The molecule has 0 radical (unpaired) electrons. The topological polar surface area (TPSA) is 43.8 Å². The smallest absolute Gasteiger partial charge is 0.222 e. The number of rotatable bonds is 4. The molecule has 0 unspecified atom stereocenters. The van der Waals surface area contributed by atoms with E-state index in [0.29, 0.717) is 19.5 Å². The van der Waals surface area contributed by atoms with Crippen LogP contribution < -0.4 is 4.90 Å². The van der Waals surface area contributed by atoms with Crippen molar-refractivity contribution in [2.45, 2.75) is 38.7 Å². The zero-order chi connectivity index (χ0) is 14.8. The number of aliphatic hydroxyl groups excluding tert-OH is 1. The SMILES string of the molecule is Cc1ccc2c(c1)CCCN2C[C@@H](O)CN1CCCC1=O. The molecule has 2 aliphatic heterocycles. The number of carbonyl (C=O) groups excluding carboxylic acids is 1. The van der Waals surface area contributed by atoms with Gasteiger partial charge in [-0.15, -0.1) is 0 Å². The molecule has 4 nitrogen and oxygen atoms in total. The number of likely N-dealkylation sites (tertiary alicyclic amines) is 1. The molecule has 0 aromatic heterocycles. The maximum absolute atomic E-state index is 11.6. The maximum atomic E-state index is 11.6. The second-order valence-electron chi connectivity index (χ2n) is 6.28. The van der Waals surface area contributed by atoms with Crippen molar-refractivity contribution in [2.75, 3.05) is 31.1 Å². The highest BCUT2D eigenvalue weighted by Crippen LogP contribution is 2.28. The normalized spacial score (nSPS) is 19.8. The van der Waals surface area contributed by atoms with Crippen molar-refractivity contribution >= 4 is 11.6 Å². The van der Waals surface area contributed by atoms with Gasteiger partial charge >= 0.3 is 0 Å². The molecule has 1 aromatic carbocycles. The molecule has 3 rings (SSSR count). The van der Waals surface area contributed by atoms with E-state index in [2.05, 4.69) is 30.0 Å². The molecule has 0 bridgehead atoms. The van der Waals surface area contributed by atoms with Gasteiger partial charge in [0.1, 0.15) is 0 Å². The van der Waals surface area contributed by atoms with E-state index in [9.17, 15) is 9.90 Å². The highest BCUT2D eigenvalue weighted by molar-refractivity contribution is 5.78. The third-order valence-electron chi connectivity index (χ3n) is 4.48. The number of anilines is 1. The molecule has 0 spiro atoms. The number of fused-ring (bicyclic) bond motifs is 1. The lowest BCUT2D eigenvalue weighted by Crippen LogP contribution is -2.42. The van der Waals surface area contributed by atoms with Crippen LogP contribution in [0.2, 0.25) is 0 Å². The minimum atomic E-state index is -0.473. The van der Waals surface area contributed by atoms with Crippen molar-refractivity contribution in [3.8, 4) is 0 Å². The van der Waals surface area contributed by atoms with Gasteiger partial charge in [0.2, 0.25) is 5.91 Å². The van der Waals surface area contributed by atoms with Crippen LogP contribution in [-0.2, 0) is 11.2 Å². The summed E-state index contributed by atoms with van der Waals surface area (Å²) in [6, 6.07) is 6.54. The van der Waals surface area contributed by atoms with Crippen LogP contribution in [0.1, 0.15) is 30.4 Å². The average Bonchev–Trinajstić information content (AvgIpc) is 2.84. The number of β-amino-alcohol motifs (C(OH)–C–C–N with tert-alkyl or cyclic N) is 1. The summed E-state index contributed by atoms with van der Waals surface area (Å²) in [4.78, 5) is 15.7. The van der Waals surface area contributed by atoms with Crippen molar-refractivity contribution in [3.05, 3.63) is 29.3 Å². The Bertz CT molecular complexity index is 530. The van der Waals surface area contributed by atoms with Gasteiger partial charge in [0.05, 0.1) is 6.10 Å². The predicted molar refractivity (Wildman–Crippen MR) is 83.5 cm³/mol. The van der Waals surface area contributed by atoms with Crippen LogP contribution in [0, 0.1) is 6.92 Å². The number of benzene rings is 1. The van der Waals surface area contributed by atoms with Gasteiger partial charge < -0.3 is 14.9 Å². The molecule has 1 N–H and O–H groups in total. The Hall–Kier alpha value is -1.55. The van der Waals surface area contributed by atoms with Crippen LogP contribution in [0.25, 0.3) is 0 Å². The molecule has 0 aliphatic carbocycles. The molecule has 21 heavy (non-hydrogen) atoms. The van der Waals surface area contributed by atoms with Gasteiger partial charge in [-0.2, -0.15) is 0 Å². The van der Waals surface area contributed by atoms with Crippen LogP contribution in [0.3, 0.4) is 0 Å². The van der Waals surface area contributed by atoms with Gasteiger partial charge in [0.15, 0.2) is 0 Å². The molecule has 2 aliphatic rings. The fraction of sp³-hybridized carbons (Fsp3) is 0.588. The quantitative estimate of drug-likeness (QED) is 0.917. The summed E-state index contributed by atoms with van der Waals surface area (Å²) in [6.07, 6.45) is 3.34. The maximum Gasteiger partial charge on any atom is 0.222 e. The first-order chi connectivity index (χ1) is 10.1. The van der Waals surface area contributed by atoms with Crippen molar-refractivity contribution in [1.82, 2.24) is 4.90 Å². The summed E-state index contributed by atoms with van der Waals surface area (Å²) < 4.78 is 0. The minimum Gasteiger partial charge on any atom is -0.389 e. The molecular weight excluding hydrogens is 264 g/mol. The number of hydrogen-bond donors (Lipinski definition) is 1. The van der Waals surface area contributed by atoms with Gasteiger partial charge in [0.25, 0.3) is 0 Å². The van der Waals surface area contributed by atoms with Crippen molar-refractivity contribution in [1.29, 1.82) is 0 Å². The number of amides is 1. The van der Waals surface area contributed by atoms with E-state index < -0.39 is 6.10 Å². The van der Waals surface area contributed by atoms with E-state index in [4.69, 9.17) is 0 Å². The molecule has 1 amide bonds. The van der Waals surface area contributed by atoms with Crippen LogP contribution in [0.4, 0.5) is 5.69 Å². The van der Waals surface area contributed by atoms with Crippen LogP contribution in [0.15, 0.2) is 18.2 Å². The van der Waals surface area contributed by atoms with Crippen LogP contribution in [0.5, 0.6) is 0 Å². The zero-order valence-corrected chi connectivity index (χ0v) is 12.7. The van der Waals surface area contributed by atoms with Gasteiger partial charge in [-0.1, -0.05) is 17.7 Å². The molecule has 0 saturated carbocycles. The number of nitrogens with zero attached hydrogens (tertiary/aromatic N) is 2. The summed E-state index contributed by atoms with van der Waals surface area (Å²) in [5.41, 5.74) is 3.92. The Morgan fingerprint density at radius 2 is 1.86 bits per heavy atom. The Balaban J connectivity index is 1.64. The van der Waals surface area contributed by atoms with Crippen molar-refractivity contribution in [3.63, 3.8) is 0 Å². The number of hydrogen-bond acceptors (Lipinski definition) is 3. The molecule has 4 heteroatoms. The van der Waals surface area contributed by atoms with Gasteiger partial charge in [-0.05, 0) is 37.8 Å². The Morgan fingerprint density at radius 1 is 1.14 bits per heavy atom. The lowest BCUT2D eigenvalue weighted by molar-refractivity contribution is -0.128. The summed E-state index contributed by atoms with van der Waals surface area (Å²) in [5, 5.41) is 10.3. The molecular formula is C17H24N2O2. The van der Waals surface area contributed by atoms with E-state index >= 15 is 0 Å².